The van der Waals surface area contributed by atoms with Gasteiger partial charge in [-0.2, -0.15) is 0 Å². The van der Waals surface area contributed by atoms with Crippen molar-refractivity contribution < 1.29 is 14.3 Å². The van der Waals surface area contributed by atoms with Gasteiger partial charge < -0.3 is 9.47 Å². The summed E-state index contributed by atoms with van der Waals surface area (Å²) in [5.74, 6) is 0.292. The number of esters is 1. The van der Waals surface area contributed by atoms with E-state index in [1.165, 1.54) is 19.3 Å². The van der Waals surface area contributed by atoms with E-state index in [4.69, 9.17) is 9.47 Å². The molecule has 3 nitrogen and oxygen atoms in total. The quantitative estimate of drug-likeness (QED) is 0.612. The molecular formula is C14H28O3. The molecule has 0 aromatic heterocycles. The Morgan fingerprint density at radius 3 is 2.35 bits per heavy atom. The Morgan fingerprint density at radius 1 is 1.24 bits per heavy atom. The molecule has 1 unspecified atom stereocenters. The van der Waals surface area contributed by atoms with Gasteiger partial charge in [-0.1, -0.05) is 33.1 Å². The van der Waals surface area contributed by atoms with Crippen LogP contribution < -0.4 is 0 Å². The highest BCUT2D eigenvalue weighted by molar-refractivity contribution is 5.71. The lowest BCUT2D eigenvalue weighted by molar-refractivity contribution is -0.160. The molecular weight excluding hydrogens is 216 g/mol. The Labute approximate surface area is 106 Å². The number of rotatable bonds is 8. The van der Waals surface area contributed by atoms with Gasteiger partial charge in [0.15, 0.2) is 0 Å². The zero-order valence-electron chi connectivity index (χ0n) is 12.0. The number of carbonyl (C=O) groups excluding carboxylic acids is 1. The Kier molecular flexibility index (Phi) is 8.23. The van der Waals surface area contributed by atoms with Gasteiger partial charge in [0.05, 0.1) is 6.61 Å². The van der Waals surface area contributed by atoms with E-state index in [9.17, 15) is 4.79 Å². The first-order valence-electron chi connectivity index (χ1n) is 6.68. The van der Waals surface area contributed by atoms with Gasteiger partial charge in [0.25, 0.3) is 0 Å². The van der Waals surface area contributed by atoms with E-state index < -0.39 is 5.60 Å². The third kappa shape index (κ3) is 10.3. The fraction of sp³-hybridized carbons (Fsp3) is 0.929. The zero-order chi connectivity index (χ0) is 13.3. The Hall–Kier alpha value is -0.570. The number of hydrogen-bond acceptors (Lipinski definition) is 3. The molecule has 0 heterocycles. The average molecular weight is 244 g/mol. The van der Waals surface area contributed by atoms with Crippen LogP contribution in [0.25, 0.3) is 0 Å². The molecule has 0 rings (SSSR count). The molecule has 0 aliphatic heterocycles. The van der Waals surface area contributed by atoms with E-state index >= 15 is 0 Å². The van der Waals surface area contributed by atoms with Crippen LogP contribution in [0.3, 0.4) is 0 Å². The first-order valence-corrected chi connectivity index (χ1v) is 6.68. The van der Waals surface area contributed by atoms with Crippen molar-refractivity contribution in [3.63, 3.8) is 0 Å². The Morgan fingerprint density at radius 2 is 1.88 bits per heavy atom. The van der Waals surface area contributed by atoms with Crippen LogP contribution in [-0.2, 0) is 14.3 Å². The predicted molar refractivity (Wildman–Crippen MR) is 70.0 cm³/mol. The van der Waals surface area contributed by atoms with Gasteiger partial charge in [-0.3, -0.25) is 0 Å². The van der Waals surface area contributed by atoms with Crippen LogP contribution in [0.2, 0.25) is 0 Å². The fourth-order valence-corrected chi connectivity index (χ4v) is 1.58. The molecule has 102 valence electrons. The molecule has 1 atom stereocenters. The highest BCUT2D eigenvalue weighted by atomic mass is 16.6. The number of unbranched alkanes of at least 4 members (excludes halogenated alkanes) is 1. The predicted octanol–water partition coefficient (Wildman–Crippen LogP) is 3.56. The van der Waals surface area contributed by atoms with Gasteiger partial charge >= 0.3 is 5.97 Å². The molecule has 0 saturated carbocycles. The summed E-state index contributed by atoms with van der Waals surface area (Å²) in [6, 6.07) is 0. The minimum absolute atomic E-state index is 0.0693. The lowest BCUT2D eigenvalue weighted by Crippen LogP contribution is -2.27. The minimum atomic E-state index is -0.424. The summed E-state index contributed by atoms with van der Waals surface area (Å²) in [6.07, 6.45) is 4.73. The summed E-state index contributed by atoms with van der Waals surface area (Å²) in [5, 5.41) is 0. The highest BCUT2D eigenvalue weighted by Gasteiger charge is 2.16. The van der Waals surface area contributed by atoms with Crippen molar-refractivity contribution in [2.45, 2.75) is 65.9 Å². The third-order valence-electron chi connectivity index (χ3n) is 2.54. The Bertz CT molecular complexity index is 206. The van der Waals surface area contributed by atoms with E-state index in [1.54, 1.807) is 0 Å². The first-order chi connectivity index (χ1) is 7.89. The van der Waals surface area contributed by atoms with Gasteiger partial charge in [-0.05, 0) is 33.1 Å². The van der Waals surface area contributed by atoms with Crippen LogP contribution in [0.5, 0.6) is 0 Å². The van der Waals surface area contributed by atoms with Crippen molar-refractivity contribution in [3.8, 4) is 0 Å². The van der Waals surface area contributed by atoms with Crippen LogP contribution in [0.15, 0.2) is 0 Å². The molecule has 0 fully saturated rings. The van der Waals surface area contributed by atoms with Gasteiger partial charge in [0.1, 0.15) is 12.2 Å². The molecule has 0 N–H and O–H groups in total. The van der Waals surface area contributed by atoms with Crippen molar-refractivity contribution in [2.24, 2.45) is 5.92 Å². The molecule has 0 aromatic rings. The topological polar surface area (TPSA) is 35.5 Å². The second-order valence-electron chi connectivity index (χ2n) is 5.52. The molecule has 0 aromatic carbocycles. The molecule has 3 heteroatoms. The summed E-state index contributed by atoms with van der Waals surface area (Å²) >= 11 is 0. The highest BCUT2D eigenvalue weighted by Crippen LogP contribution is 2.13. The van der Waals surface area contributed by atoms with E-state index in [0.29, 0.717) is 12.5 Å². The van der Waals surface area contributed by atoms with Crippen LogP contribution >= 0.6 is 0 Å². The standard InChI is InChI=1S/C14H28O3/c1-6-8-9-12(7-2)10-16-11-13(15)17-14(3,4)5/h12H,6-11H2,1-5H3. The van der Waals surface area contributed by atoms with E-state index in [1.807, 2.05) is 20.8 Å². The zero-order valence-corrected chi connectivity index (χ0v) is 12.0. The van der Waals surface area contributed by atoms with Crippen molar-refractivity contribution in [3.05, 3.63) is 0 Å². The summed E-state index contributed by atoms with van der Waals surface area (Å²) in [7, 11) is 0. The number of carbonyl (C=O) groups is 1. The fourth-order valence-electron chi connectivity index (χ4n) is 1.58. The van der Waals surface area contributed by atoms with Crippen molar-refractivity contribution >= 4 is 5.97 Å². The number of hydrogen-bond donors (Lipinski definition) is 0. The molecule has 0 radical (unpaired) electrons. The van der Waals surface area contributed by atoms with Crippen LogP contribution in [0.1, 0.15) is 60.3 Å². The first kappa shape index (κ1) is 16.4. The monoisotopic (exact) mass is 244 g/mol. The van der Waals surface area contributed by atoms with E-state index in [0.717, 1.165) is 6.42 Å². The second-order valence-corrected chi connectivity index (χ2v) is 5.52. The maximum absolute atomic E-state index is 11.4. The average Bonchev–Trinajstić information content (AvgIpc) is 2.20. The third-order valence-corrected chi connectivity index (χ3v) is 2.54. The molecule has 0 aliphatic carbocycles. The lowest BCUT2D eigenvalue weighted by Gasteiger charge is -2.20. The molecule has 17 heavy (non-hydrogen) atoms. The SMILES string of the molecule is CCCCC(CC)COCC(=O)OC(C)(C)C. The maximum Gasteiger partial charge on any atom is 0.332 e. The van der Waals surface area contributed by atoms with Crippen LogP contribution in [-0.4, -0.2) is 24.8 Å². The molecule has 0 saturated heterocycles. The minimum Gasteiger partial charge on any atom is -0.458 e. The summed E-state index contributed by atoms with van der Waals surface area (Å²) in [6.45, 7) is 10.7. The Balaban J connectivity index is 3.70. The summed E-state index contributed by atoms with van der Waals surface area (Å²) < 4.78 is 10.6. The summed E-state index contributed by atoms with van der Waals surface area (Å²) in [4.78, 5) is 11.4. The van der Waals surface area contributed by atoms with Crippen molar-refractivity contribution in [2.75, 3.05) is 13.2 Å². The molecule has 0 spiro atoms. The van der Waals surface area contributed by atoms with Gasteiger partial charge in [-0.25, -0.2) is 4.79 Å². The molecule has 0 amide bonds. The van der Waals surface area contributed by atoms with Crippen LogP contribution in [0.4, 0.5) is 0 Å². The van der Waals surface area contributed by atoms with Gasteiger partial charge in [0, 0.05) is 0 Å². The largest absolute Gasteiger partial charge is 0.458 e. The molecule has 0 aliphatic rings. The summed E-state index contributed by atoms with van der Waals surface area (Å²) in [5.41, 5.74) is -0.424. The smallest absolute Gasteiger partial charge is 0.332 e. The maximum atomic E-state index is 11.4. The van der Waals surface area contributed by atoms with Crippen LogP contribution in [0, 0.1) is 5.92 Å². The normalized spacial score (nSPS) is 13.5. The van der Waals surface area contributed by atoms with E-state index in [-0.39, 0.29) is 12.6 Å². The van der Waals surface area contributed by atoms with E-state index in [2.05, 4.69) is 13.8 Å². The van der Waals surface area contributed by atoms with Crippen molar-refractivity contribution in [1.29, 1.82) is 0 Å². The van der Waals surface area contributed by atoms with Gasteiger partial charge in [0.2, 0.25) is 0 Å². The lowest BCUT2D eigenvalue weighted by atomic mass is 10.0. The molecule has 0 bridgehead atoms. The van der Waals surface area contributed by atoms with Crippen molar-refractivity contribution in [1.82, 2.24) is 0 Å². The number of ether oxygens (including phenoxy) is 2. The van der Waals surface area contributed by atoms with Gasteiger partial charge in [-0.15, -0.1) is 0 Å². The second kappa shape index (κ2) is 8.51.